The van der Waals surface area contributed by atoms with Crippen molar-refractivity contribution in [3.8, 4) is 0 Å². The highest BCUT2D eigenvalue weighted by Crippen LogP contribution is 2.14. The Balaban J connectivity index is 1.97. The van der Waals surface area contributed by atoms with E-state index in [1.54, 1.807) is 11.3 Å². The molecule has 17 heavy (non-hydrogen) atoms. The summed E-state index contributed by atoms with van der Waals surface area (Å²) < 4.78 is 0. The molecule has 0 atom stereocenters. The van der Waals surface area contributed by atoms with E-state index < -0.39 is 0 Å². The van der Waals surface area contributed by atoms with Crippen LogP contribution in [0.3, 0.4) is 0 Å². The van der Waals surface area contributed by atoms with E-state index in [9.17, 15) is 0 Å². The first kappa shape index (κ1) is 12.3. The molecule has 0 spiro atoms. The average Bonchev–Trinajstić information content (AvgIpc) is 2.69. The van der Waals surface area contributed by atoms with Crippen LogP contribution >= 0.6 is 11.3 Å². The molecule has 2 rings (SSSR count). The average molecular weight is 246 g/mol. The molecule has 0 aliphatic heterocycles. The standard InChI is InChI=1S/C14H18N2S/c1-10-5-4-6-11(2)13(10)7-15-8-14-12(3)16-9-17-14/h4-6,9,15H,7-8H2,1-3H3. The number of hydrogen-bond acceptors (Lipinski definition) is 3. The Bertz CT molecular complexity index is 482. The van der Waals surface area contributed by atoms with Gasteiger partial charge >= 0.3 is 0 Å². The highest BCUT2D eigenvalue weighted by molar-refractivity contribution is 7.09. The fraction of sp³-hybridized carbons (Fsp3) is 0.357. The maximum Gasteiger partial charge on any atom is 0.0798 e. The van der Waals surface area contributed by atoms with E-state index in [1.165, 1.54) is 21.6 Å². The molecule has 0 aliphatic carbocycles. The van der Waals surface area contributed by atoms with Crippen molar-refractivity contribution in [2.24, 2.45) is 0 Å². The Morgan fingerprint density at radius 1 is 1.12 bits per heavy atom. The van der Waals surface area contributed by atoms with Crippen molar-refractivity contribution in [3.63, 3.8) is 0 Å². The van der Waals surface area contributed by atoms with Gasteiger partial charge in [0, 0.05) is 18.0 Å². The van der Waals surface area contributed by atoms with Crippen molar-refractivity contribution in [3.05, 3.63) is 51.0 Å². The Kier molecular flexibility index (Phi) is 3.92. The second-order valence-corrected chi connectivity index (χ2v) is 5.27. The minimum Gasteiger partial charge on any atom is -0.308 e. The zero-order chi connectivity index (χ0) is 12.3. The van der Waals surface area contributed by atoms with E-state index in [2.05, 4.69) is 49.3 Å². The summed E-state index contributed by atoms with van der Waals surface area (Å²) in [5.74, 6) is 0. The highest BCUT2D eigenvalue weighted by atomic mass is 32.1. The van der Waals surface area contributed by atoms with Crippen LogP contribution in [0.15, 0.2) is 23.7 Å². The lowest BCUT2D eigenvalue weighted by molar-refractivity contribution is 0.691. The SMILES string of the molecule is Cc1cccc(C)c1CNCc1scnc1C. The van der Waals surface area contributed by atoms with E-state index in [0.29, 0.717) is 0 Å². The summed E-state index contributed by atoms with van der Waals surface area (Å²) in [6, 6.07) is 6.45. The molecule has 0 saturated heterocycles. The molecule has 0 fully saturated rings. The van der Waals surface area contributed by atoms with E-state index >= 15 is 0 Å². The molecule has 0 saturated carbocycles. The number of thiazole rings is 1. The van der Waals surface area contributed by atoms with Crippen molar-refractivity contribution in [1.82, 2.24) is 10.3 Å². The lowest BCUT2D eigenvalue weighted by Gasteiger charge is -2.10. The Morgan fingerprint density at radius 3 is 2.41 bits per heavy atom. The fourth-order valence-electron chi connectivity index (χ4n) is 1.92. The van der Waals surface area contributed by atoms with Crippen LogP contribution in [0.4, 0.5) is 0 Å². The van der Waals surface area contributed by atoms with Crippen molar-refractivity contribution < 1.29 is 0 Å². The van der Waals surface area contributed by atoms with Gasteiger partial charge in [0.1, 0.15) is 0 Å². The number of aryl methyl sites for hydroxylation is 3. The Labute approximate surface area is 107 Å². The molecule has 2 aromatic rings. The zero-order valence-corrected chi connectivity index (χ0v) is 11.4. The number of aromatic nitrogens is 1. The third-order valence-corrected chi connectivity index (χ3v) is 4.01. The van der Waals surface area contributed by atoms with Crippen LogP contribution in [-0.4, -0.2) is 4.98 Å². The molecule has 90 valence electrons. The highest BCUT2D eigenvalue weighted by Gasteiger charge is 2.03. The summed E-state index contributed by atoms with van der Waals surface area (Å²) in [7, 11) is 0. The van der Waals surface area contributed by atoms with Crippen LogP contribution in [0, 0.1) is 20.8 Å². The predicted molar refractivity (Wildman–Crippen MR) is 73.3 cm³/mol. The molecular weight excluding hydrogens is 228 g/mol. The number of benzene rings is 1. The summed E-state index contributed by atoms with van der Waals surface area (Å²) in [6.45, 7) is 8.23. The lowest BCUT2D eigenvalue weighted by atomic mass is 10.0. The van der Waals surface area contributed by atoms with Gasteiger partial charge in [-0.3, -0.25) is 0 Å². The molecule has 0 radical (unpaired) electrons. The second kappa shape index (κ2) is 5.43. The van der Waals surface area contributed by atoms with Crippen molar-refractivity contribution >= 4 is 11.3 Å². The van der Waals surface area contributed by atoms with Gasteiger partial charge in [-0.25, -0.2) is 4.98 Å². The molecule has 0 unspecified atom stereocenters. The van der Waals surface area contributed by atoms with Crippen LogP contribution in [0.2, 0.25) is 0 Å². The molecule has 0 bridgehead atoms. The predicted octanol–water partition coefficient (Wildman–Crippen LogP) is 3.36. The molecule has 0 amide bonds. The minimum absolute atomic E-state index is 0.907. The van der Waals surface area contributed by atoms with Gasteiger partial charge in [-0.05, 0) is 37.5 Å². The van der Waals surface area contributed by atoms with Gasteiger partial charge in [-0.1, -0.05) is 18.2 Å². The summed E-state index contributed by atoms with van der Waals surface area (Å²) in [4.78, 5) is 5.59. The lowest BCUT2D eigenvalue weighted by Crippen LogP contribution is -2.14. The van der Waals surface area contributed by atoms with E-state index in [0.717, 1.165) is 18.8 Å². The van der Waals surface area contributed by atoms with Gasteiger partial charge in [-0.15, -0.1) is 11.3 Å². The Morgan fingerprint density at radius 2 is 1.82 bits per heavy atom. The minimum atomic E-state index is 0.907. The molecule has 1 aromatic heterocycles. The molecule has 1 aromatic carbocycles. The van der Waals surface area contributed by atoms with Gasteiger partial charge in [0.05, 0.1) is 11.2 Å². The number of nitrogens with one attached hydrogen (secondary N) is 1. The van der Waals surface area contributed by atoms with E-state index in [4.69, 9.17) is 0 Å². The zero-order valence-electron chi connectivity index (χ0n) is 10.6. The van der Waals surface area contributed by atoms with Crippen LogP contribution in [0.25, 0.3) is 0 Å². The molecule has 1 N–H and O–H groups in total. The van der Waals surface area contributed by atoms with Crippen LogP contribution in [-0.2, 0) is 13.1 Å². The number of hydrogen-bond donors (Lipinski definition) is 1. The van der Waals surface area contributed by atoms with E-state index in [1.807, 2.05) is 5.51 Å². The van der Waals surface area contributed by atoms with Crippen LogP contribution in [0.1, 0.15) is 27.3 Å². The molecular formula is C14H18N2S. The van der Waals surface area contributed by atoms with Gasteiger partial charge in [0.25, 0.3) is 0 Å². The Hall–Kier alpha value is -1.19. The molecule has 1 heterocycles. The van der Waals surface area contributed by atoms with Gasteiger partial charge in [-0.2, -0.15) is 0 Å². The van der Waals surface area contributed by atoms with E-state index in [-0.39, 0.29) is 0 Å². The smallest absolute Gasteiger partial charge is 0.0798 e. The van der Waals surface area contributed by atoms with Crippen molar-refractivity contribution in [2.45, 2.75) is 33.9 Å². The second-order valence-electron chi connectivity index (χ2n) is 4.33. The maximum atomic E-state index is 4.26. The van der Waals surface area contributed by atoms with Crippen molar-refractivity contribution in [2.75, 3.05) is 0 Å². The number of rotatable bonds is 4. The van der Waals surface area contributed by atoms with Crippen molar-refractivity contribution in [1.29, 1.82) is 0 Å². The van der Waals surface area contributed by atoms with Gasteiger partial charge < -0.3 is 5.32 Å². The fourth-order valence-corrected chi connectivity index (χ4v) is 2.67. The maximum absolute atomic E-state index is 4.26. The normalized spacial score (nSPS) is 10.8. The first-order valence-electron chi connectivity index (χ1n) is 5.83. The summed E-state index contributed by atoms with van der Waals surface area (Å²) in [5, 5.41) is 3.50. The molecule has 2 nitrogen and oxygen atoms in total. The van der Waals surface area contributed by atoms with Crippen LogP contribution in [0.5, 0.6) is 0 Å². The van der Waals surface area contributed by atoms with Crippen LogP contribution < -0.4 is 5.32 Å². The molecule has 3 heteroatoms. The quantitative estimate of drug-likeness (QED) is 0.894. The third kappa shape index (κ3) is 2.93. The summed E-state index contributed by atoms with van der Waals surface area (Å²) >= 11 is 1.72. The summed E-state index contributed by atoms with van der Waals surface area (Å²) in [5.41, 5.74) is 7.18. The largest absolute Gasteiger partial charge is 0.308 e. The monoisotopic (exact) mass is 246 g/mol. The molecule has 0 aliphatic rings. The summed E-state index contributed by atoms with van der Waals surface area (Å²) in [6.07, 6.45) is 0. The van der Waals surface area contributed by atoms with Gasteiger partial charge in [0.2, 0.25) is 0 Å². The topological polar surface area (TPSA) is 24.9 Å². The third-order valence-electron chi connectivity index (χ3n) is 3.08. The first-order chi connectivity index (χ1) is 8.18. The number of nitrogens with zero attached hydrogens (tertiary/aromatic N) is 1. The van der Waals surface area contributed by atoms with Gasteiger partial charge in [0.15, 0.2) is 0 Å². The first-order valence-corrected chi connectivity index (χ1v) is 6.71.